The molecule has 2 rings (SSSR count). The summed E-state index contributed by atoms with van der Waals surface area (Å²) in [5.41, 5.74) is 0.265. The smallest absolute Gasteiger partial charge is 0.241 e. The Labute approximate surface area is 148 Å². The van der Waals surface area contributed by atoms with E-state index in [1.54, 1.807) is 31.2 Å². The highest BCUT2D eigenvalue weighted by Gasteiger charge is 2.30. The lowest BCUT2D eigenvalue weighted by Gasteiger charge is -2.24. The van der Waals surface area contributed by atoms with Crippen LogP contribution in [0.1, 0.15) is 13.3 Å². The number of nitrogens with one attached hydrogen (secondary N) is 1. The van der Waals surface area contributed by atoms with Gasteiger partial charge in [-0.15, -0.1) is 0 Å². The number of hydrogen-bond donors (Lipinski definition) is 1. The van der Waals surface area contributed by atoms with Gasteiger partial charge in [0.1, 0.15) is 12.3 Å². The van der Waals surface area contributed by atoms with E-state index in [1.165, 1.54) is 0 Å². The second kappa shape index (κ2) is 7.61. The summed E-state index contributed by atoms with van der Waals surface area (Å²) in [5, 5.41) is 2.59. The van der Waals surface area contributed by atoms with Crippen molar-refractivity contribution in [2.24, 2.45) is 0 Å². The molecule has 0 aromatic heterocycles. The van der Waals surface area contributed by atoms with Gasteiger partial charge in [-0.25, -0.2) is 16.8 Å². The molecule has 1 atom stereocenters. The summed E-state index contributed by atoms with van der Waals surface area (Å²) in [6.07, 6.45) is 1.34. The number of sulfone groups is 1. The molecular formula is C15H22N2O6S2. The SMILES string of the molecule is CCOc1ccccc1N(CC(=O)NC1CCS(=O)(=O)C1)S(C)(=O)=O. The van der Waals surface area contributed by atoms with Crippen molar-refractivity contribution in [1.82, 2.24) is 5.32 Å². The van der Waals surface area contributed by atoms with Crippen LogP contribution in [0.25, 0.3) is 0 Å². The zero-order chi connectivity index (χ0) is 18.7. The number of hydrogen-bond acceptors (Lipinski definition) is 6. The number of nitrogens with zero attached hydrogens (tertiary/aromatic N) is 1. The van der Waals surface area contributed by atoms with Crippen LogP contribution < -0.4 is 14.4 Å². The molecule has 1 aromatic carbocycles. The van der Waals surface area contributed by atoms with Crippen LogP contribution in [0.4, 0.5) is 5.69 Å². The zero-order valence-corrected chi connectivity index (χ0v) is 15.8. The van der Waals surface area contributed by atoms with Gasteiger partial charge in [0, 0.05) is 6.04 Å². The molecule has 25 heavy (non-hydrogen) atoms. The van der Waals surface area contributed by atoms with E-state index in [4.69, 9.17) is 4.74 Å². The first kappa shape index (κ1) is 19.5. The lowest BCUT2D eigenvalue weighted by Crippen LogP contribution is -2.44. The maximum absolute atomic E-state index is 12.3. The molecule has 1 saturated heterocycles. The predicted molar refractivity (Wildman–Crippen MR) is 95.0 cm³/mol. The molecule has 1 aliphatic heterocycles. The second-order valence-electron chi connectivity index (χ2n) is 5.84. The van der Waals surface area contributed by atoms with Gasteiger partial charge in [0.2, 0.25) is 15.9 Å². The fourth-order valence-electron chi connectivity index (χ4n) is 2.63. The van der Waals surface area contributed by atoms with Crippen molar-refractivity contribution < 1.29 is 26.4 Å². The van der Waals surface area contributed by atoms with Crippen molar-refractivity contribution in [2.45, 2.75) is 19.4 Å². The van der Waals surface area contributed by atoms with E-state index in [2.05, 4.69) is 5.32 Å². The summed E-state index contributed by atoms with van der Waals surface area (Å²) >= 11 is 0. The number of para-hydroxylation sites is 2. The lowest BCUT2D eigenvalue weighted by molar-refractivity contribution is -0.120. The number of carbonyl (C=O) groups is 1. The standard InChI is InChI=1S/C15H22N2O6S2/c1-3-23-14-7-5-4-6-13(14)17(24(2,19)20)10-15(18)16-12-8-9-25(21,22)11-12/h4-7,12H,3,8-11H2,1-2H3,(H,16,18). The second-order valence-corrected chi connectivity index (χ2v) is 9.97. The van der Waals surface area contributed by atoms with Crippen LogP contribution in [0.5, 0.6) is 5.75 Å². The number of benzene rings is 1. The van der Waals surface area contributed by atoms with Gasteiger partial charge in [-0.05, 0) is 25.5 Å². The first-order valence-corrected chi connectivity index (χ1v) is 11.5. The molecule has 0 spiro atoms. The number of sulfonamides is 1. The Morgan fingerprint density at radius 2 is 2.04 bits per heavy atom. The minimum Gasteiger partial charge on any atom is -0.492 e. The number of amides is 1. The van der Waals surface area contributed by atoms with Crippen LogP contribution in [0, 0.1) is 0 Å². The summed E-state index contributed by atoms with van der Waals surface area (Å²) in [7, 11) is -6.87. The monoisotopic (exact) mass is 390 g/mol. The van der Waals surface area contributed by atoms with Crippen molar-refractivity contribution >= 4 is 31.5 Å². The van der Waals surface area contributed by atoms with Crippen molar-refractivity contribution in [3.8, 4) is 5.75 Å². The normalized spacial score (nSPS) is 19.4. The van der Waals surface area contributed by atoms with Crippen molar-refractivity contribution in [3.63, 3.8) is 0 Å². The van der Waals surface area contributed by atoms with Gasteiger partial charge < -0.3 is 10.1 Å². The van der Waals surface area contributed by atoms with E-state index >= 15 is 0 Å². The number of ether oxygens (including phenoxy) is 1. The van der Waals surface area contributed by atoms with E-state index in [-0.39, 0.29) is 17.2 Å². The van der Waals surface area contributed by atoms with E-state index in [9.17, 15) is 21.6 Å². The van der Waals surface area contributed by atoms with Crippen LogP contribution >= 0.6 is 0 Å². The average molecular weight is 390 g/mol. The van der Waals surface area contributed by atoms with Gasteiger partial charge in [-0.2, -0.15) is 0 Å². The number of rotatable bonds is 7. The molecule has 10 heteroatoms. The first-order chi connectivity index (χ1) is 11.6. The third kappa shape index (κ3) is 5.33. The highest BCUT2D eigenvalue weighted by Crippen LogP contribution is 2.29. The Morgan fingerprint density at radius 1 is 1.36 bits per heavy atom. The maximum Gasteiger partial charge on any atom is 0.241 e. The highest BCUT2D eigenvalue weighted by molar-refractivity contribution is 7.92. The van der Waals surface area contributed by atoms with Crippen LogP contribution in [0.2, 0.25) is 0 Å². The molecule has 8 nitrogen and oxygen atoms in total. The molecule has 1 aromatic rings. The molecule has 1 N–H and O–H groups in total. The van der Waals surface area contributed by atoms with E-state index in [0.29, 0.717) is 18.8 Å². The van der Waals surface area contributed by atoms with Crippen LogP contribution in [0.3, 0.4) is 0 Å². The molecule has 140 valence electrons. The van der Waals surface area contributed by atoms with Gasteiger partial charge in [-0.3, -0.25) is 9.10 Å². The molecular weight excluding hydrogens is 368 g/mol. The number of carbonyl (C=O) groups excluding carboxylic acids is 1. The number of anilines is 1. The van der Waals surface area contributed by atoms with Gasteiger partial charge in [0.15, 0.2) is 9.84 Å². The lowest BCUT2D eigenvalue weighted by atomic mass is 10.2. The molecule has 1 aliphatic rings. The third-order valence-corrected chi connectivity index (χ3v) is 6.61. The Hall–Kier alpha value is -1.81. The van der Waals surface area contributed by atoms with E-state index < -0.39 is 38.4 Å². The fourth-order valence-corrected chi connectivity index (χ4v) is 5.17. The average Bonchev–Trinajstić information content (AvgIpc) is 2.84. The van der Waals surface area contributed by atoms with E-state index in [1.807, 2.05) is 0 Å². The van der Waals surface area contributed by atoms with Crippen molar-refractivity contribution in [3.05, 3.63) is 24.3 Å². The molecule has 1 fully saturated rings. The molecule has 1 unspecified atom stereocenters. The quantitative estimate of drug-likeness (QED) is 0.710. The summed E-state index contributed by atoms with van der Waals surface area (Å²) in [4.78, 5) is 12.3. The Morgan fingerprint density at radius 3 is 2.60 bits per heavy atom. The molecule has 0 bridgehead atoms. The zero-order valence-electron chi connectivity index (χ0n) is 14.1. The Balaban J connectivity index is 2.18. The minimum atomic E-state index is -3.74. The topological polar surface area (TPSA) is 110 Å². The van der Waals surface area contributed by atoms with Crippen LogP contribution in [-0.4, -0.2) is 59.7 Å². The highest BCUT2D eigenvalue weighted by atomic mass is 32.2. The maximum atomic E-state index is 12.3. The molecule has 0 aliphatic carbocycles. The minimum absolute atomic E-state index is 0.0287. The third-order valence-electron chi connectivity index (χ3n) is 3.72. The Kier molecular flexibility index (Phi) is 5.94. The van der Waals surface area contributed by atoms with Crippen molar-refractivity contribution in [2.75, 3.05) is 35.2 Å². The molecule has 0 saturated carbocycles. The Bertz CT molecular complexity index is 835. The van der Waals surface area contributed by atoms with Crippen LogP contribution in [-0.2, 0) is 24.7 Å². The van der Waals surface area contributed by atoms with Gasteiger partial charge >= 0.3 is 0 Å². The predicted octanol–water partition coefficient (Wildman–Crippen LogP) is 0.155. The summed E-state index contributed by atoms with van der Waals surface area (Å²) in [5.74, 6) is -0.292. The molecule has 0 radical (unpaired) electrons. The van der Waals surface area contributed by atoms with Gasteiger partial charge in [0.05, 0.1) is 30.1 Å². The molecule has 1 heterocycles. The fraction of sp³-hybridized carbons (Fsp3) is 0.533. The summed E-state index contributed by atoms with van der Waals surface area (Å²) in [6.45, 7) is 1.68. The van der Waals surface area contributed by atoms with Gasteiger partial charge in [-0.1, -0.05) is 12.1 Å². The summed E-state index contributed by atoms with van der Waals surface area (Å²) in [6, 6.07) is 6.05. The molecule has 1 amide bonds. The van der Waals surface area contributed by atoms with Gasteiger partial charge in [0.25, 0.3) is 0 Å². The largest absolute Gasteiger partial charge is 0.492 e. The first-order valence-electron chi connectivity index (χ1n) is 7.81. The van der Waals surface area contributed by atoms with Crippen molar-refractivity contribution in [1.29, 1.82) is 0 Å². The van der Waals surface area contributed by atoms with Crippen LogP contribution in [0.15, 0.2) is 24.3 Å². The van der Waals surface area contributed by atoms with E-state index in [0.717, 1.165) is 10.6 Å². The summed E-state index contributed by atoms with van der Waals surface area (Å²) < 4.78 is 53.6.